The maximum Gasteiger partial charge on any atom is 0.0843 e. The Labute approximate surface area is 83.3 Å². The van der Waals surface area contributed by atoms with Gasteiger partial charge in [0.2, 0.25) is 0 Å². The van der Waals surface area contributed by atoms with E-state index in [1.807, 2.05) is 25.1 Å². The molecule has 0 spiro atoms. The first-order valence-electron chi connectivity index (χ1n) is 4.15. The Bertz CT molecular complexity index is 304. The average molecular weight is 197 g/mol. The molecule has 3 heteroatoms. The second kappa shape index (κ2) is 3.70. The van der Waals surface area contributed by atoms with Crippen LogP contribution in [0.2, 0.25) is 0 Å². The molecule has 0 atom stereocenters. The van der Waals surface area contributed by atoms with Gasteiger partial charge in [-0.25, -0.2) is 0 Å². The summed E-state index contributed by atoms with van der Waals surface area (Å²) in [6.45, 7) is 5.54. The minimum atomic E-state index is -0.776. The first-order chi connectivity index (χ1) is 5.95. The molecule has 13 heavy (non-hydrogen) atoms. The van der Waals surface area contributed by atoms with E-state index in [1.54, 1.807) is 13.8 Å². The molecule has 72 valence electrons. The van der Waals surface area contributed by atoms with Crippen molar-refractivity contribution in [1.29, 1.82) is 0 Å². The van der Waals surface area contributed by atoms with Gasteiger partial charge in [-0.05, 0) is 56.0 Å². The van der Waals surface area contributed by atoms with Crippen molar-refractivity contribution < 1.29 is 5.11 Å². The molecule has 0 saturated carbocycles. The fourth-order valence-corrected chi connectivity index (χ4v) is 1.79. The predicted molar refractivity (Wildman–Crippen MR) is 56.5 cm³/mol. The van der Waals surface area contributed by atoms with Crippen LogP contribution in [0, 0.1) is 6.92 Å². The SMILES string of the molecule is Cc1cc(SN)ccc1C(C)(C)O. The summed E-state index contributed by atoms with van der Waals surface area (Å²) < 4.78 is 0. The first kappa shape index (κ1) is 10.6. The summed E-state index contributed by atoms with van der Waals surface area (Å²) in [4.78, 5) is 1.02. The van der Waals surface area contributed by atoms with E-state index < -0.39 is 5.60 Å². The van der Waals surface area contributed by atoms with Crippen LogP contribution in [0.4, 0.5) is 0 Å². The molecule has 0 aliphatic carbocycles. The van der Waals surface area contributed by atoms with Crippen LogP contribution in [0.5, 0.6) is 0 Å². The minimum Gasteiger partial charge on any atom is -0.386 e. The topological polar surface area (TPSA) is 46.2 Å². The van der Waals surface area contributed by atoms with Crippen LogP contribution in [0.15, 0.2) is 23.1 Å². The Balaban J connectivity index is 3.13. The van der Waals surface area contributed by atoms with Gasteiger partial charge in [-0.1, -0.05) is 6.07 Å². The summed E-state index contributed by atoms with van der Waals surface area (Å²) in [5, 5.41) is 15.2. The molecule has 0 amide bonds. The van der Waals surface area contributed by atoms with Crippen LogP contribution in [-0.2, 0) is 5.60 Å². The van der Waals surface area contributed by atoms with E-state index in [0.717, 1.165) is 16.0 Å². The van der Waals surface area contributed by atoms with E-state index in [0.29, 0.717) is 0 Å². The Morgan fingerprint density at radius 2 is 2.00 bits per heavy atom. The molecule has 0 aromatic heterocycles. The van der Waals surface area contributed by atoms with Gasteiger partial charge in [0, 0.05) is 4.90 Å². The van der Waals surface area contributed by atoms with Gasteiger partial charge in [-0.2, -0.15) is 0 Å². The van der Waals surface area contributed by atoms with Crippen LogP contribution >= 0.6 is 11.9 Å². The summed E-state index contributed by atoms with van der Waals surface area (Å²) in [6, 6.07) is 5.83. The number of aryl methyl sites for hydroxylation is 1. The van der Waals surface area contributed by atoms with E-state index in [-0.39, 0.29) is 0 Å². The number of aliphatic hydroxyl groups is 1. The third-order valence-electron chi connectivity index (χ3n) is 1.99. The number of benzene rings is 1. The van der Waals surface area contributed by atoms with Gasteiger partial charge in [0.25, 0.3) is 0 Å². The molecule has 2 nitrogen and oxygen atoms in total. The molecule has 1 aromatic rings. The molecule has 3 N–H and O–H groups in total. The Morgan fingerprint density at radius 1 is 1.38 bits per heavy atom. The molecule has 1 rings (SSSR count). The fourth-order valence-electron chi connectivity index (χ4n) is 1.40. The highest BCUT2D eigenvalue weighted by Crippen LogP contribution is 2.25. The maximum absolute atomic E-state index is 9.80. The van der Waals surface area contributed by atoms with E-state index in [2.05, 4.69) is 0 Å². The Kier molecular flexibility index (Phi) is 3.01. The van der Waals surface area contributed by atoms with Crippen molar-refractivity contribution in [2.75, 3.05) is 0 Å². The number of rotatable bonds is 2. The lowest BCUT2D eigenvalue weighted by Gasteiger charge is -2.20. The molecule has 0 unspecified atom stereocenters. The summed E-state index contributed by atoms with van der Waals surface area (Å²) >= 11 is 1.22. The normalized spacial score (nSPS) is 11.8. The van der Waals surface area contributed by atoms with Crippen molar-refractivity contribution in [2.24, 2.45) is 5.14 Å². The minimum absolute atomic E-state index is 0.776. The molecule has 0 radical (unpaired) electrons. The van der Waals surface area contributed by atoms with Gasteiger partial charge in [0.05, 0.1) is 5.60 Å². The lowest BCUT2D eigenvalue weighted by Crippen LogP contribution is -2.16. The molecular weight excluding hydrogens is 182 g/mol. The molecular formula is C10H15NOS. The highest BCUT2D eigenvalue weighted by molar-refractivity contribution is 7.97. The van der Waals surface area contributed by atoms with Gasteiger partial charge in [-0.3, -0.25) is 5.14 Å². The van der Waals surface area contributed by atoms with Gasteiger partial charge in [-0.15, -0.1) is 0 Å². The third kappa shape index (κ3) is 2.46. The van der Waals surface area contributed by atoms with Crippen molar-refractivity contribution in [3.05, 3.63) is 29.3 Å². The second-order valence-electron chi connectivity index (χ2n) is 3.65. The van der Waals surface area contributed by atoms with Crippen molar-refractivity contribution in [3.8, 4) is 0 Å². The zero-order valence-corrected chi connectivity index (χ0v) is 8.98. The van der Waals surface area contributed by atoms with Crippen molar-refractivity contribution in [2.45, 2.75) is 31.3 Å². The molecule has 0 fully saturated rings. The summed E-state index contributed by atoms with van der Waals surface area (Å²) in [6.07, 6.45) is 0. The molecule has 0 aliphatic rings. The zero-order valence-electron chi connectivity index (χ0n) is 8.16. The van der Waals surface area contributed by atoms with Gasteiger partial charge in [0.15, 0.2) is 0 Å². The fraction of sp³-hybridized carbons (Fsp3) is 0.400. The van der Waals surface area contributed by atoms with Crippen LogP contribution in [0.1, 0.15) is 25.0 Å². The second-order valence-corrected chi connectivity index (χ2v) is 4.36. The standard InChI is InChI=1S/C10H15NOS/c1-7-6-8(13-11)4-5-9(7)10(2,3)12/h4-6,12H,11H2,1-3H3. The van der Waals surface area contributed by atoms with Crippen LogP contribution in [0.25, 0.3) is 0 Å². The summed E-state index contributed by atoms with van der Waals surface area (Å²) in [7, 11) is 0. The van der Waals surface area contributed by atoms with E-state index in [9.17, 15) is 5.11 Å². The molecule has 0 aliphatic heterocycles. The van der Waals surface area contributed by atoms with Crippen LogP contribution < -0.4 is 5.14 Å². The Hall–Kier alpha value is -0.510. The lowest BCUT2D eigenvalue weighted by atomic mass is 9.94. The van der Waals surface area contributed by atoms with E-state index in [4.69, 9.17) is 5.14 Å². The Morgan fingerprint density at radius 3 is 2.38 bits per heavy atom. The van der Waals surface area contributed by atoms with Gasteiger partial charge < -0.3 is 5.11 Å². The first-order valence-corrected chi connectivity index (χ1v) is 5.03. The van der Waals surface area contributed by atoms with E-state index in [1.165, 1.54) is 11.9 Å². The van der Waals surface area contributed by atoms with Crippen molar-refractivity contribution >= 4 is 11.9 Å². The number of hydrogen-bond donors (Lipinski definition) is 2. The number of nitrogens with two attached hydrogens (primary N) is 1. The predicted octanol–water partition coefficient (Wildman–Crippen LogP) is 2.19. The van der Waals surface area contributed by atoms with Crippen LogP contribution in [-0.4, -0.2) is 5.11 Å². The molecule has 0 bridgehead atoms. The van der Waals surface area contributed by atoms with Crippen LogP contribution in [0.3, 0.4) is 0 Å². The smallest absolute Gasteiger partial charge is 0.0843 e. The monoisotopic (exact) mass is 197 g/mol. The maximum atomic E-state index is 9.80. The van der Waals surface area contributed by atoms with Gasteiger partial charge in [0.1, 0.15) is 0 Å². The largest absolute Gasteiger partial charge is 0.386 e. The summed E-state index contributed by atoms with van der Waals surface area (Å²) in [5.41, 5.74) is 1.25. The molecule has 0 heterocycles. The summed E-state index contributed by atoms with van der Waals surface area (Å²) in [5.74, 6) is 0. The molecule has 0 saturated heterocycles. The molecule has 1 aromatic carbocycles. The van der Waals surface area contributed by atoms with Crippen molar-refractivity contribution in [1.82, 2.24) is 0 Å². The zero-order chi connectivity index (χ0) is 10.1. The average Bonchev–Trinajstić information content (AvgIpc) is 2.01. The van der Waals surface area contributed by atoms with E-state index >= 15 is 0 Å². The third-order valence-corrected chi connectivity index (χ3v) is 2.52. The quantitative estimate of drug-likeness (QED) is 0.714. The number of hydrogen-bond acceptors (Lipinski definition) is 3. The highest BCUT2D eigenvalue weighted by Gasteiger charge is 2.17. The van der Waals surface area contributed by atoms with Gasteiger partial charge >= 0.3 is 0 Å². The lowest BCUT2D eigenvalue weighted by molar-refractivity contribution is 0.0779. The van der Waals surface area contributed by atoms with Crippen molar-refractivity contribution in [3.63, 3.8) is 0 Å². The highest BCUT2D eigenvalue weighted by atomic mass is 32.2.